The summed E-state index contributed by atoms with van der Waals surface area (Å²) in [6, 6.07) is 16.8. The van der Waals surface area contributed by atoms with Gasteiger partial charge in [0.1, 0.15) is 0 Å². The number of hydrogen-bond donors (Lipinski definition) is 1. The minimum Gasteiger partial charge on any atom is -0.388 e. The number of rotatable bonds is 3. The van der Waals surface area contributed by atoms with E-state index in [9.17, 15) is 5.11 Å². The molecule has 2 heteroatoms. The van der Waals surface area contributed by atoms with Crippen molar-refractivity contribution in [1.82, 2.24) is 0 Å². The van der Waals surface area contributed by atoms with E-state index < -0.39 is 6.10 Å². The van der Waals surface area contributed by atoms with Gasteiger partial charge in [-0.2, -0.15) is 0 Å². The Hall–Kier alpha value is -1.25. The lowest BCUT2D eigenvalue weighted by Crippen LogP contribution is -2.10. The second-order valence-corrected chi connectivity index (χ2v) is 6.06. The third-order valence-electron chi connectivity index (χ3n) is 3.85. The van der Waals surface area contributed by atoms with E-state index in [2.05, 4.69) is 55.5 Å². The molecule has 2 aromatic rings. The largest absolute Gasteiger partial charge is 0.388 e. The molecule has 2 aromatic carbocycles. The Kier molecular flexibility index (Phi) is 3.63. The summed E-state index contributed by atoms with van der Waals surface area (Å²) in [5, 5.41) is 10.6. The Morgan fingerprint density at radius 1 is 1.16 bits per heavy atom. The summed E-state index contributed by atoms with van der Waals surface area (Å²) in [6.07, 6.45) is 0.639. The van der Waals surface area contributed by atoms with Crippen LogP contribution in [0.4, 0.5) is 0 Å². The summed E-state index contributed by atoms with van der Waals surface area (Å²) >= 11 is 1.85. The van der Waals surface area contributed by atoms with E-state index in [1.807, 2.05) is 11.8 Å². The van der Waals surface area contributed by atoms with Gasteiger partial charge in [-0.05, 0) is 29.2 Å². The van der Waals surface area contributed by atoms with Gasteiger partial charge in [0.25, 0.3) is 0 Å². The molecule has 2 unspecified atom stereocenters. The second kappa shape index (κ2) is 5.40. The third kappa shape index (κ3) is 2.43. The fourth-order valence-corrected chi connectivity index (χ4v) is 3.91. The minimum absolute atomic E-state index is 0.216. The van der Waals surface area contributed by atoms with Crippen molar-refractivity contribution in [3.05, 3.63) is 65.2 Å². The van der Waals surface area contributed by atoms with Crippen molar-refractivity contribution in [2.24, 2.45) is 0 Å². The standard InChI is InChI=1S/C17H18OS/c1-2-12-7-9-13(10-8-12)17(18)15-11-19-16-6-4-3-5-14(15)16/h3-10,15,17-18H,2,11H2,1H3. The Balaban J connectivity index is 1.86. The minimum atomic E-state index is -0.401. The predicted octanol–water partition coefficient (Wildman–Crippen LogP) is 4.17. The summed E-state index contributed by atoms with van der Waals surface area (Å²) in [5.41, 5.74) is 3.64. The van der Waals surface area contributed by atoms with Crippen LogP contribution in [0.3, 0.4) is 0 Å². The highest BCUT2D eigenvalue weighted by Gasteiger charge is 2.29. The van der Waals surface area contributed by atoms with Crippen LogP contribution in [0.2, 0.25) is 0 Å². The molecule has 2 atom stereocenters. The first-order valence-corrected chi connectivity index (χ1v) is 7.76. The first-order chi connectivity index (χ1) is 9.29. The van der Waals surface area contributed by atoms with E-state index in [0.717, 1.165) is 17.7 Å². The number of aliphatic hydroxyl groups is 1. The van der Waals surface area contributed by atoms with Crippen molar-refractivity contribution in [2.45, 2.75) is 30.3 Å². The van der Waals surface area contributed by atoms with Gasteiger partial charge in [0.15, 0.2) is 0 Å². The van der Waals surface area contributed by atoms with Crippen LogP contribution < -0.4 is 0 Å². The number of benzene rings is 2. The van der Waals surface area contributed by atoms with Crippen molar-refractivity contribution < 1.29 is 5.11 Å². The molecule has 1 heterocycles. The topological polar surface area (TPSA) is 20.2 Å². The van der Waals surface area contributed by atoms with Gasteiger partial charge in [-0.15, -0.1) is 11.8 Å². The molecule has 19 heavy (non-hydrogen) atoms. The molecule has 0 saturated heterocycles. The van der Waals surface area contributed by atoms with Crippen LogP contribution in [0.25, 0.3) is 0 Å². The molecule has 98 valence electrons. The Morgan fingerprint density at radius 3 is 2.63 bits per heavy atom. The zero-order valence-electron chi connectivity index (χ0n) is 11.0. The molecule has 0 saturated carbocycles. The van der Waals surface area contributed by atoms with Crippen molar-refractivity contribution in [3.63, 3.8) is 0 Å². The van der Waals surface area contributed by atoms with Crippen LogP contribution in [0, 0.1) is 0 Å². The molecule has 1 aliphatic rings. The van der Waals surface area contributed by atoms with Crippen LogP contribution in [-0.4, -0.2) is 10.9 Å². The Labute approximate surface area is 118 Å². The number of fused-ring (bicyclic) bond motifs is 1. The van der Waals surface area contributed by atoms with E-state index in [4.69, 9.17) is 0 Å². The fraction of sp³-hybridized carbons (Fsp3) is 0.294. The van der Waals surface area contributed by atoms with E-state index in [1.54, 1.807) is 0 Å². The lowest BCUT2D eigenvalue weighted by atomic mass is 9.90. The fourth-order valence-electron chi connectivity index (χ4n) is 2.63. The summed E-state index contributed by atoms with van der Waals surface area (Å²) in [5.74, 6) is 1.18. The van der Waals surface area contributed by atoms with E-state index in [0.29, 0.717) is 0 Å². The highest BCUT2D eigenvalue weighted by Crippen LogP contribution is 2.45. The predicted molar refractivity (Wildman–Crippen MR) is 80.7 cm³/mol. The molecule has 0 spiro atoms. The smallest absolute Gasteiger partial charge is 0.0867 e. The second-order valence-electron chi connectivity index (χ2n) is 5.00. The molecular formula is C17H18OS. The molecule has 0 radical (unpaired) electrons. The van der Waals surface area contributed by atoms with Crippen molar-refractivity contribution in [3.8, 4) is 0 Å². The van der Waals surface area contributed by atoms with Gasteiger partial charge in [0.2, 0.25) is 0 Å². The van der Waals surface area contributed by atoms with Gasteiger partial charge < -0.3 is 5.11 Å². The zero-order chi connectivity index (χ0) is 13.2. The molecule has 3 rings (SSSR count). The molecule has 1 aliphatic heterocycles. The van der Waals surface area contributed by atoms with Crippen molar-refractivity contribution >= 4 is 11.8 Å². The normalized spacial score (nSPS) is 19.2. The Morgan fingerprint density at radius 2 is 1.89 bits per heavy atom. The van der Waals surface area contributed by atoms with Crippen LogP contribution in [0.5, 0.6) is 0 Å². The summed E-state index contributed by atoms with van der Waals surface area (Å²) < 4.78 is 0. The van der Waals surface area contributed by atoms with Gasteiger partial charge in [0, 0.05) is 16.6 Å². The number of aryl methyl sites for hydroxylation is 1. The molecule has 0 bridgehead atoms. The monoisotopic (exact) mass is 270 g/mol. The maximum atomic E-state index is 10.6. The number of aliphatic hydroxyl groups excluding tert-OH is 1. The first-order valence-electron chi connectivity index (χ1n) is 6.78. The molecule has 0 amide bonds. The van der Waals surface area contributed by atoms with Gasteiger partial charge in [-0.1, -0.05) is 49.4 Å². The zero-order valence-corrected chi connectivity index (χ0v) is 11.9. The average molecular weight is 270 g/mol. The molecule has 1 N–H and O–H groups in total. The first kappa shape index (κ1) is 12.8. The summed E-state index contributed by atoms with van der Waals surface area (Å²) in [4.78, 5) is 1.32. The highest BCUT2D eigenvalue weighted by atomic mass is 32.2. The van der Waals surface area contributed by atoms with Crippen molar-refractivity contribution in [1.29, 1.82) is 0 Å². The molecule has 0 aromatic heterocycles. The van der Waals surface area contributed by atoms with Crippen molar-refractivity contribution in [2.75, 3.05) is 5.75 Å². The van der Waals surface area contributed by atoms with Gasteiger partial charge in [-0.25, -0.2) is 0 Å². The lowest BCUT2D eigenvalue weighted by Gasteiger charge is -2.19. The molecular weight excluding hydrogens is 252 g/mol. The number of thioether (sulfide) groups is 1. The van der Waals surface area contributed by atoms with E-state index in [-0.39, 0.29) is 5.92 Å². The third-order valence-corrected chi connectivity index (χ3v) is 5.06. The maximum absolute atomic E-state index is 10.6. The molecule has 0 fully saturated rings. The van der Waals surface area contributed by atoms with Crippen LogP contribution in [-0.2, 0) is 6.42 Å². The lowest BCUT2D eigenvalue weighted by molar-refractivity contribution is 0.154. The van der Waals surface area contributed by atoms with Gasteiger partial charge in [0.05, 0.1) is 6.10 Å². The molecule has 0 aliphatic carbocycles. The molecule has 1 nitrogen and oxygen atoms in total. The van der Waals surface area contributed by atoms with Crippen LogP contribution in [0.15, 0.2) is 53.4 Å². The summed E-state index contributed by atoms with van der Waals surface area (Å²) in [6.45, 7) is 2.15. The summed E-state index contributed by atoms with van der Waals surface area (Å²) in [7, 11) is 0. The van der Waals surface area contributed by atoms with Gasteiger partial charge in [-0.3, -0.25) is 0 Å². The average Bonchev–Trinajstić information content (AvgIpc) is 2.90. The van der Waals surface area contributed by atoms with Crippen LogP contribution in [0.1, 0.15) is 35.6 Å². The maximum Gasteiger partial charge on any atom is 0.0867 e. The van der Waals surface area contributed by atoms with E-state index in [1.165, 1.54) is 16.0 Å². The Bertz CT molecular complexity index is 562. The quantitative estimate of drug-likeness (QED) is 0.903. The van der Waals surface area contributed by atoms with Gasteiger partial charge >= 0.3 is 0 Å². The van der Waals surface area contributed by atoms with E-state index >= 15 is 0 Å². The van der Waals surface area contributed by atoms with Crippen LogP contribution >= 0.6 is 11.8 Å². The highest BCUT2D eigenvalue weighted by molar-refractivity contribution is 7.99. The SMILES string of the molecule is CCc1ccc(C(O)C2CSc3ccccc32)cc1. The number of hydrogen-bond acceptors (Lipinski definition) is 2.